The van der Waals surface area contributed by atoms with E-state index in [9.17, 15) is 0 Å². The Morgan fingerprint density at radius 3 is 2.88 bits per heavy atom. The molecule has 1 aliphatic rings. The molecule has 1 unspecified atom stereocenters. The third-order valence-corrected chi connectivity index (χ3v) is 4.96. The zero-order valence-electron chi connectivity index (χ0n) is 14.5. The first-order valence-corrected chi connectivity index (χ1v) is 8.89. The predicted molar refractivity (Wildman–Crippen MR) is 101 cm³/mol. The minimum Gasteiger partial charge on any atom is -0.495 e. The van der Waals surface area contributed by atoms with Gasteiger partial charge in [-0.1, -0.05) is 30.3 Å². The number of rotatable bonds is 5. The molecule has 0 aliphatic carbocycles. The van der Waals surface area contributed by atoms with Crippen LogP contribution in [0.5, 0.6) is 5.75 Å². The molecule has 1 aromatic heterocycles. The van der Waals surface area contributed by atoms with Crippen molar-refractivity contribution in [3.05, 3.63) is 72.0 Å². The van der Waals surface area contributed by atoms with Crippen LogP contribution in [-0.2, 0) is 12.8 Å². The van der Waals surface area contributed by atoms with Gasteiger partial charge in [0, 0.05) is 11.6 Å². The maximum atomic E-state index is 5.51. The molecule has 3 heteroatoms. The quantitative estimate of drug-likeness (QED) is 0.686. The number of fused-ring (bicyclic) bond motifs is 1. The van der Waals surface area contributed by atoms with E-state index in [1.807, 2.05) is 18.2 Å². The zero-order chi connectivity index (χ0) is 17.1. The lowest BCUT2D eigenvalue weighted by Gasteiger charge is -2.28. The maximum Gasteiger partial charge on any atom is 0.142 e. The number of hydrogen-bond donors (Lipinski definition) is 1. The highest BCUT2D eigenvalue weighted by atomic mass is 16.5. The van der Waals surface area contributed by atoms with E-state index in [1.54, 1.807) is 13.4 Å². The summed E-state index contributed by atoms with van der Waals surface area (Å²) >= 11 is 0. The highest BCUT2D eigenvalue weighted by Crippen LogP contribution is 2.34. The van der Waals surface area contributed by atoms with Crippen molar-refractivity contribution in [1.29, 1.82) is 0 Å². The number of hydrogen-bond acceptors (Lipinski definition) is 3. The monoisotopic (exact) mass is 333 g/mol. The second-order valence-corrected chi connectivity index (χ2v) is 6.59. The van der Waals surface area contributed by atoms with Gasteiger partial charge in [-0.3, -0.25) is 0 Å². The summed E-state index contributed by atoms with van der Waals surface area (Å²) in [6.45, 7) is 0. The number of benzene rings is 2. The van der Waals surface area contributed by atoms with Crippen molar-refractivity contribution in [2.75, 3.05) is 12.4 Å². The van der Waals surface area contributed by atoms with E-state index in [0.717, 1.165) is 42.8 Å². The second-order valence-electron chi connectivity index (χ2n) is 6.59. The fourth-order valence-electron chi connectivity index (χ4n) is 3.61. The third kappa shape index (κ3) is 3.41. The number of nitrogens with one attached hydrogen (secondary N) is 1. The average Bonchev–Trinajstić information content (AvgIpc) is 3.21. The van der Waals surface area contributed by atoms with Gasteiger partial charge in [0.25, 0.3) is 0 Å². The van der Waals surface area contributed by atoms with Crippen LogP contribution in [0.3, 0.4) is 0 Å². The van der Waals surface area contributed by atoms with Gasteiger partial charge in [-0.2, -0.15) is 0 Å². The highest BCUT2D eigenvalue weighted by molar-refractivity contribution is 5.64. The van der Waals surface area contributed by atoms with Gasteiger partial charge in [-0.15, -0.1) is 0 Å². The Labute approximate surface area is 148 Å². The van der Waals surface area contributed by atoms with E-state index in [4.69, 9.17) is 9.15 Å². The van der Waals surface area contributed by atoms with Crippen molar-refractivity contribution in [2.24, 2.45) is 0 Å². The standard InChI is InChI=1S/C22H23NO2/c1-24-21-8-3-6-17-11-13-19(23-22(17)21)12-10-16-5-2-7-18(15-16)20-9-4-14-25-20/h2-9,14-15,19,23H,10-13H2,1H3. The zero-order valence-corrected chi connectivity index (χ0v) is 14.5. The van der Waals surface area contributed by atoms with Crippen LogP contribution in [0.4, 0.5) is 5.69 Å². The Balaban J connectivity index is 1.43. The summed E-state index contributed by atoms with van der Waals surface area (Å²) in [5.41, 5.74) is 5.02. The van der Waals surface area contributed by atoms with Crippen LogP contribution >= 0.6 is 0 Å². The van der Waals surface area contributed by atoms with Crippen molar-refractivity contribution in [2.45, 2.75) is 31.7 Å². The van der Waals surface area contributed by atoms with Gasteiger partial charge in [0.1, 0.15) is 11.5 Å². The summed E-state index contributed by atoms with van der Waals surface area (Å²) < 4.78 is 11.0. The first-order chi connectivity index (χ1) is 12.3. The number of para-hydroxylation sites is 1. The Bertz CT molecular complexity index is 825. The van der Waals surface area contributed by atoms with Crippen LogP contribution in [-0.4, -0.2) is 13.2 Å². The minimum absolute atomic E-state index is 0.482. The van der Waals surface area contributed by atoms with E-state index < -0.39 is 0 Å². The van der Waals surface area contributed by atoms with Crippen molar-refractivity contribution in [3.63, 3.8) is 0 Å². The Kier molecular flexibility index (Phi) is 4.47. The molecule has 2 heterocycles. The molecular formula is C22H23NO2. The first kappa shape index (κ1) is 15.8. The molecule has 3 nitrogen and oxygen atoms in total. The summed E-state index contributed by atoms with van der Waals surface area (Å²) in [5.74, 6) is 1.87. The van der Waals surface area contributed by atoms with Gasteiger partial charge in [0.2, 0.25) is 0 Å². The van der Waals surface area contributed by atoms with Gasteiger partial charge >= 0.3 is 0 Å². The Morgan fingerprint density at radius 2 is 2.04 bits per heavy atom. The van der Waals surface area contributed by atoms with Gasteiger partial charge in [0.15, 0.2) is 0 Å². The fourth-order valence-corrected chi connectivity index (χ4v) is 3.61. The lowest BCUT2D eigenvalue weighted by molar-refractivity contribution is 0.413. The molecule has 1 N–H and O–H groups in total. The predicted octanol–water partition coefficient (Wildman–Crippen LogP) is 5.31. The molecule has 0 saturated heterocycles. The van der Waals surface area contributed by atoms with Crippen molar-refractivity contribution < 1.29 is 9.15 Å². The van der Waals surface area contributed by atoms with Gasteiger partial charge < -0.3 is 14.5 Å². The van der Waals surface area contributed by atoms with E-state index in [-0.39, 0.29) is 0 Å². The molecule has 0 amide bonds. The largest absolute Gasteiger partial charge is 0.495 e. The van der Waals surface area contributed by atoms with E-state index in [1.165, 1.54) is 16.8 Å². The van der Waals surface area contributed by atoms with E-state index in [2.05, 4.69) is 41.7 Å². The van der Waals surface area contributed by atoms with Crippen molar-refractivity contribution >= 4 is 5.69 Å². The van der Waals surface area contributed by atoms with E-state index >= 15 is 0 Å². The van der Waals surface area contributed by atoms with Gasteiger partial charge in [-0.25, -0.2) is 0 Å². The van der Waals surface area contributed by atoms with Crippen molar-refractivity contribution in [3.8, 4) is 17.1 Å². The molecule has 1 aliphatic heterocycles. The molecular weight excluding hydrogens is 310 g/mol. The molecule has 0 radical (unpaired) electrons. The highest BCUT2D eigenvalue weighted by Gasteiger charge is 2.20. The smallest absolute Gasteiger partial charge is 0.142 e. The van der Waals surface area contributed by atoms with Gasteiger partial charge in [-0.05, 0) is 61.1 Å². The molecule has 0 bridgehead atoms. The molecule has 3 aromatic rings. The summed E-state index contributed by atoms with van der Waals surface area (Å²) in [6, 6.07) is 19.3. The normalized spacial score (nSPS) is 16.1. The van der Waals surface area contributed by atoms with Crippen LogP contribution in [0.2, 0.25) is 0 Å². The van der Waals surface area contributed by atoms with Crippen LogP contribution in [0.15, 0.2) is 65.3 Å². The molecule has 0 spiro atoms. The SMILES string of the molecule is COc1cccc2c1NC(CCc1cccc(-c3ccco3)c1)CC2. The molecule has 1 atom stereocenters. The molecule has 25 heavy (non-hydrogen) atoms. The number of ether oxygens (including phenoxy) is 1. The fraction of sp³-hybridized carbons (Fsp3) is 0.273. The second kappa shape index (κ2) is 7.06. The molecule has 128 valence electrons. The van der Waals surface area contributed by atoms with Crippen LogP contribution in [0.25, 0.3) is 11.3 Å². The third-order valence-electron chi connectivity index (χ3n) is 4.96. The molecule has 0 saturated carbocycles. The van der Waals surface area contributed by atoms with Crippen LogP contribution < -0.4 is 10.1 Å². The summed E-state index contributed by atoms with van der Waals surface area (Å²) in [7, 11) is 1.74. The minimum atomic E-state index is 0.482. The van der Waals surface area contributed by atoms with Crippen LogP contribution in [0.1, 0.15) is 24.0 Å². The lowest BCUT2D eigenvalue weighted by Crippen LogP contribution is -2.26. The summed E-state index contributed by atoms with van der Waals surface area (Å²) in [4.78, 5) is 0. The molecule has 4 rings (SSSR count). The number of furan rings is 1. The molecule has 0 fully saturated rings. The van der Waals surface area contributed by atoms with Crippen LogP contribution in [0, 0.1) is 0 Å². The number of aryl methyl sites for hydroxylation is 2. The average molecular weight is 333 g/mol. The van der Waals surface area contributed by atoms with E-state index in [0.29, 0.717) is 6.04 Å². The Hall–Kier alpha value is -2.68. The Morgan fingerprint density at radius 1 is 1.12 bits per heavy atom. The summed E-state index contributed by atoms with van der Waals surface area (Å²) in [6.07, 6.45) is 6.16. The summed E-state index contributed by atoms with van der Waals surface area (Å²) in [5, 5.41) is 3.69. The number of anilines is 1. The maximum absolute atomic E-state index is 5.51. The molecule has 2 aromatic carbocycles. The lowest BCUT2D eigenvalue weighted by atomic mass is 9.93. The topological polar surface area (TPSA) is 34.4 Å². The number of methoxy groups -OCH3 is 1. The first-order valence-electron chi connectivity index (χ1n) is 8.89. The van der Waals surface area contributed by atoms with Crippen molar-refractivity contribution in [1.82, 2.24) is 0 Å². The van der Waals surface area contributed by atoms with Gasteiger partial charge in [0.05, 0.1) is 19.1 Å².